The lowest BCUT2D eigenvalue weighted by molar-refractivity contribution is 0.286. The molecule has 1 aromatic carbocycles. The number of halogens is 2. The molecule has 0 saturated heterocycles. The third-order valence-electron chi connectivity index (χ3n) is 4.27. The van der Waals surface area contributed by atoms with E-state index in [0.717, 1.165) is 32.4 Å². The van der Waals surface area contributed by atoms with E-state index < -0.39 is 0 Å². The molecule has 8 nitrogen and oxygen atoms in total. The summed E-state index contributed by atoms with van der Waals surface area (Å²) >= 11 is 0. The van der Waals surface area contributed by atoms with Gasteiger partial charge in [0.25, 0.3) is 0 Å². The van der Waals surface area contributed by atoms with Crippen molar-refractivity contribution in [2.45, 2.75) is 39.3 Å². The van der Waals surface area contributed by atoms with Gasteiger partial charge >= 0.3 is 11.7 Å². The van der Waals surface area contributed by atoms with Gasteiger partial charge in [-0.3, -0.25) is 4.57 Å². The molecule has 3 aromatic rings. The monoisotopic (exact) mass is 442 g/mol. The second-order valence-corrected chi connectivity index (χ2v) is 6.39. The first kappa shape index (κ1) is 24.7. The van der Waals surface area contributed by atoms with Gasteiger partial charge in [-0.2, -0.15) is 9.97 Å². The Labute approximate surface area is 182 Å². The van der Waals surface area contributed by atoms with Gasteiger partial charge in [0.2, 0.25) is 0 Å². The van der Waals surface area contributed by atoms with Gasteiger partial charge in [0.1, 0.15) is 5.52 Å². The summed E-state index contributed by atoms with van der Waals surface area (Å²) in [7, 11) is 0. The molecule has 0 unspecified atom stereocenters. The number of aromatic amines is 1. The number of fused-ring (bicyclic) bond motifs is 1. The van der Waals surface area contributed by atoms with Gasteiger partial charge in [-0.05, 0) is 24.9 Å². The Kier molecular flexibility index (Phi) is 10.5. The summed E-state index contributed by atoms with van der Waals surface area (Å²) in [6.45, 7) is 4.73. The van der Waals surface area contributed by atoms with E-state index in [1.807, 2.05) is 18.2 Å². The predicted octanol–water partition coefficient (Wildman–Crippen LogP) is 2.90. The SMILES string of the molecule is CCCCOc1nc(N)c2[nH]c(=O)n(CCCNCc3ccccc3)c2n1.Cl.Cl. The molecule has 10 heteroatoms. The van der Waals surface area contributed by atoms with E-state index in [0.29, 0.717) is 24.3 Å². The van der Waals surface area contributed by atoms with Gasteiger partial charge in [0, 0.05) is 13.1 Å². The van der Waals surface area contributed by atoms with E-state index in [1.165, 1.54) is 5.56 Å². The van der Waals surface area contributed by atoms with E-state index >= 15 is 0 Å². The van der Waals surface area contributed by atoms with Crippen LogP contribution >= 0.6 is 24.8 Å². The minimum Gasteiger partial charge on any atom is -0.463 e. The number of nitrogens with two attached hydrogens (primary N) is 1. The number of nitrogens with one attached hydrogen (secondary N) is 2. The third kappa shape index (κ3) is 6.62. The largest absolute Gasteiger partial charge is 0.463 e. The Morgan fingerprint density at radius 2 is 1.93 bits per heavy atom. The maximum absolute atomic E-state index is 12.3. The van der Waals surface area contributed by atoms with Crippen LogP contribution in [0.5, 0.6) is 6.01 Å². The second-order valence-electron chi connectivity index (χ2n) is 6.39. The maximum atomic E-state index is 12.3. The average Bonchev–Trinajstić information content (AvgIpc) is 2.99. The van der Waals surface area contributed by atoms with Gasteiger partial charge in [-0.25, -0.2) is 4.79 Å². The number of aromatic nitrogens is 4. The van der Waals surface area contributed by atoms with Crippen LogP contribution in [0.15, 0.2) is 35.1 Å². The first-order chi connectivity index (χ1) is 13.2. The van der Waals surface area contributed by atoms with Crippen LogP contribution in [0.1, 0.15) is 31.7 Å². The lowest BCUT2D eigenvalue weighted by Crippen LogP contribution is -2.21. The van der Waals surface area contributed by atoms with Crippen LogP contribution in [0.3, 0.4) is 0 Å². The topological polar surface area (TPSA) is 111 Å². The lowest BCUT2D eigenvalue weighted by Gasteiger charge is -2.07. The molecule has 0 radical (unpaired) electrons. The van der Waals surface area contributed by atoms with Crippen LogP contribution in [0.2, 0.25) is 0 Å². The van der Waals surface area contributed by atoms with E-state index in [9.17, 15) is 4.79 Å². The highest BCUT2D eigenvalue weighted by Gasteiger charge is 2.14. The van der Waals surface area contributed by atoms with E-state index in [1.54, 1.807) is 4.57 Å². The Morgan fingerprint density at radius 3 is 2.66 bits per heavy atom. The van der Waals surface area contributed by atoms with Crippen molar-refractivity contribution < 1.29 is 4.74 Å². The molecule has 0 aliphatic rings. The molecule has 0 atom stereocenters. The van der Waals surface area contributed by atoms with Crippen LogP contribution in [-0.4, -0.2) is 32.7 Å². The molecule has 0 spiro atoms. The fraction of sp³-hybridized carbons (Fsp3) is 0.421. The molecule has 0 aliphatic heterocycles. The van der Waals surface area contributed by atoms with Crippen LogP contribution in [0.25, 0.3) is 11.2 Å². The van der Waals surface area contributed by atoms with Crippen LogP contribution in [0, 0.1) is 0 Å². The minimum absolute atomic E-state index is 0. The van der Waals surface area contributed by atoms with Crippen LogP contribution < -0.4 is 21.5 Å². The fourth-order valence-electron chi connectivity index (χ4n) is 2.80. The molecule has 160 valence electrons. The van der Waals surface area contributed by atoms with E-state index in [-0.39, 0.29) is 42.3 Å². The molecule has 29 heavy (non-hydrogen) atoms. The summed E-state index contributed by atoms with van der Waals surface area (Å²) in [5.74, 6) is 0.226. The third-order valence-corrected chi connectivity index (χ3v) is 4.27. The smallest absolute Gasteiger partial charge is 0.327 e. The number of aryl methyl sites for hydroxylation is 1. The van der Waals surface area contributed by atoms with Crippen molar-refractivity contribution in [1.82, 2.24) is 24.8 Å². The molecular weight excluding hydrogens is 415 g/mol. The molecule has 0 bridgehead atoms. The number of benzene rings is 1. The van der Waals surface area contributed by atoms with Crippen molar-refractivity contribution in [3.05, 3.63) is 46.4 Å². The Hall–Kier alpha value is -2.29. The number of nitrogen functional groups attached to an aromatic ring is 1. The number of rotatable bonds is 10. The number of imidazole rings is 1. The Morgan fingerprint density at radius 1 is 1.17 bits per heavy atom. The molecule has 2 aromatic heterocycles. The first-order valence-electron chi connectivity index (χ1n) is 9.32. The van der Waals surface area contributed by atoms with Crippen molar-refractivity contribution in [2.24, 2.45) is 0 Å². The standard InChI is InChI=1S/C19H26N6O2.2ClH/c1-2-3-12-27-18-23-16(20)15-17(24-18)25(19(26)22-15)11-7-10-21-13-14-8-5-4-6-9-14;;/h4-6,8-9,21H,2-3,7,10-13H2,1H3,(H,22,26)(H2,20,23,24);2*1H. The van der Waals surface area contributed by atoms with Crippen molar-refractivity contribution >= 4 is 41.8 Å². The van der Waals surface area contributed by atoms with Crippen molar-refractivity contribution in [3.63, 3.8) is 0 Å². The molecule has 0 aliphatic carbocycles. The highest BCUT2D eigenvalue weighted by Crippen LogP contribution is 2.18. The quantitative estimate of drug-likeness (QED) is 0.416. The zero-order valence-electron chi connectivity index (χ0n) is 16.4. The Bertz CT molecular complexity index is 930. The first-order valence-corrected chi connectivity index (χ1v) is 9.32. The number of hydrogen-bond acceptors (Lipinski definition) is 6. The minimum atomic E-state index is -0.236. The maximum Gasteiger partial charge on any atom is 0.327 e. The summed E-state index contributed by atoms with van der Waals surface area (Å²) in [5.41, 5.74) is 7.90. The molecular formula is C19H28Cl2N6O2. The molecule has 0 fully saturated rings. The van der Waals surface area contributed by atoms with Crippen LogP contribution in [-0.2, 0) is 13.1 Å². The summed E-state index contributed by atoms with van der Waals surface area (Å²) in [5, 5.41) is 3.38. The number of unbranched alkanes of at least 4 members (excludes halogenated alkanes) is 1. The molecule has 0 amide bonds. The molecule has 0 saturated carbocycles. The molecule has 4 N–H and O–H groups in total. The van der Waals surface area contributed by atoms with E-state index in [4.69, 9.17) is 10.5 Å². The van der Waals surface area contributed by atoms with Crippen molar-refractivity contribution in [1.29, 1.82) is 0 Å². The van der Waals surface area contributed by atoms with Gasteiger partial charge in [-0.15, -0.1) is 24.8 Å². The highest BCUT2D eigenvalue weighted by molar-refractivity contribution is 5.85. The normalized spacial score (nSPS) is 10.4. The number of anilines is 1. The van der Waals surface area contributed by atoms with Gasteiger partial charge in [0.05, 0.1) is 6.61 Å². The summed E-state index contributed by atoms with van der Waals surface area (Å²) in [4.78, 5) is 23.5. The zero-order valence-corrected chi connectivity index (χ0v) is 18.0. The van der Waals surface area contributed by atoms with E-state index in [2.05, 4.69) is 39.3 Å². The van der Waals surface area contributed by atoms with Crippen molar-refractivity contribution in [3.8, 4) is 6.01 Å². The zero-order chi connectivity index (χ0) is 19.1. The number of H-pyrrole nitrogens is 1. The van der Waals surface area contributed by atoms with Gasteiger partial charge in [0.15, 0.2) is 11.5 Å². The summed E-state index contributed by atoms with van der Waals surface area (Å²) < 4.78 is 7.14. The predicted molar refractivity (Wildman–Crippen MR) is 120 cm³/mol. The van der Waals surface area contributed by atoms with Gasteiger partial charge < -0.3 is 20.8 Å². The molecule has 2 heterocycles. The summed E-state index contributed by atoms with van der Waals surface area (Å²) in [6.07, 6.45) is 2.71. The van der Waals surface area contributed by atoms with Gasteiger partial charge in [-0.1, -0.05) is 43.7 Å². The molecule has 3 rings (SSSR count). The summed E-state index contributed by atoms with van der Waals surface area (Å²) in [6, 6.07) is 10.4. The highest BCUT2D eigenvalue weighted by atomic mass is 35.5. The van der Waals surface area contributed by atoms with Crippen molar-refractivity contribution in [2.75, 3.05) is 18.9 Å². The lowest BCUT2D eigenvalue weighted by atomic mass is 10.2. The number of hydrogen-bond donors (Lipinski definition) is 3. The number of ether oxygens (including phenoxy) is 1. The average molecular weight is 443 g/mol. The number of nitrogens with zero attached hydrogens (tertiary/aromatic N) is 3. The fourth-order valence-corrected chi connectivity index (χ4v) is 2.80. The Balaban J connectivity index is 0.00000210. The second kappa shape index (κ2) is 12.3. The van der Waals surface area contributed by atoms with Crippen LogP contribution in [0.4, 0.5) is 5.82 Å².